The molecule has 1 N–H and O–H groups in total. The lowest BCUT2D eigenvalue weighted by molar-refractivity contribution is 0.171. The second-order valence-corrected chi connectivity index (χ2v) is 6.49. The number of nitrogens with one attached hydrogen (secondary N) is 1. The van der Waals surface area contributed by atoms with Crippen LogP contribution in [0.5, 0.6) is 11.5 Å². The molecule has 0 bridgehead atoms. The minimum absolute atomic E-state index is 0.548. The van der Waals surface area contributed by atoms with Gasteiger partial charge < -0.3 is 14.8 Å². The average Bonchev–Trinajstić information content (AvgIpc) is 2.49. The predicted molar refractivity (Wildman–Crippen MR) is 93.7 cm³/mol. The fraction of sp³-hybridized carbons (Fsp3) is 0.250. The Hall–Kier alpha value is -1.14. The second kappa shape index (κ2) is 6.32. The summed E-state index contributed by atoms with van der Waals surface area (Å²) in [5.74, 6) is 1.38. The quantitative estimate of drug-likeness (QED) is 0.741. The van der Waals surface area contributed by atoms with Gasteiger partial charge in [0, 0.05) is 15.8 Å². The smallest absolute Gasteiger partial charge is 0.179 e. The highest BCUT2D eigenvalue weighted by Crippen LogP contribution is 2.38. The molecule has 1 aliphatic rings. The minimum Gasteiger partial charge on any atom is -0.486 e. The highest BCUT2D eigenvalue weighted by molar-refractivity contribution is 14.1. The van der Waals surface area contributed by atoms with Gasteiger partial charge in [-0.1, -0.05) is 17.7 Å². The number of benzene rings is 2. The lowest BCUT2D eigenvalue weighted by Crippen LogP contribution is -2.16. The summed E-state index contributed by atoms with van der Waals surface area (Å²) in [7, 11) is 0. The van der Waals surface area contributed by atoms with Crippen molar-refractivity contribution in [3.63, 3.8) is 0 Å². The van der Waals surface area contributed by atoms with Gasteiger partial charge in [-0.25, -0.2) is 0 Å². The average molecular weight is 416 g/mol. The van der Waals surface area contributed by atoms with E-state index in [1.807, 2.05) is 12.1 Å². The van der Waals surface area contributed by atoms with E-state index in [4.69, 9.17) is 21.1 Å². The molecule has 2 aromatic rings. The van der Waals surface area contributed by atoms with Gasteiger partial charge in [-0.2, -0.15) is 0 Å². The van der Waals surface area contributed by atoms with E-state index < -0.39 is 0 Å². The Morgan fingerprint density at radius 3 is 2.81 bits per heavy atom. The summed E-state index contributed by atoms with van der Waals surface area (Å²) in [5.41, 5.74) is 3.44. The molecule has 0 aliphatic carbocycles. The van der Waals surface area contributed by atoms with Crippen LogP contribution in [0.4, 0.5) is 5.69 Å². The number of aryl methyl sites for hydroxylation is 1. The number of hydrogen-bond acceptors (Lipinski definition) is 3. The van der Waals surface area contributed by atoms with Gasteiger partial charge in [0.1, 0.15) is 13.2 Å². The van der Waals surface area contributed by atoms with Crippen molar-refractivity contribution in [2.24, 2.45) is 0 Å². The number of rotatable bonds is 3. The Bertz CT molecular complexity index is 676. The Kier molecular flexibility index (Phi) is 4.45. The molecule has 0 radical (unpaired) electrons. The molecule has 0 fully saturated rings. The van der Waals surface area contributed by atoms with Crippen LogP contribution < -0.4 is 14.8 Å². The molecular weight excluding hydrogens is 401 g/mol. The van der Waals surface area contributed by atoms with Gasteiger partial charge in [0.05, 0.1) is 5.02 Å². The fourth-order valence-corrected chi connectivity index (χ4v) is 2.98. The summed E-state index contributed by atoms with van der Waals surface area (Å²) in [6, 6.07) is 10.2. The van der Waals surface area contributed by atoms with Gasteiger partial charge in [-0.05, 0) is 64.9 Å². The predicted octanol–water partition coefficient (Wildman–Crippen LogP) is 4.64. The third kappa shape index (κ3) is 3.37. The first-order valence-electron chi connectivity index (χ1n) is 6.71. The van der Waals surface area contributed by atoms with E-state index in [-0.39, 0.29) is 0 Å². The molecule has 2 aromatic carbocycles. The summed E-state index contributed by atoms with van der Waals surface area (Å²) >= 11 is 8.58. The zero-order valence-corrected chi connectivity index (χ0v) is 14.5. The summed E-state index contributed by atoms with van der Waals surface area (Å²) < 4.78 is 12.4. The van der Waals surface area contributed by atoms with Gasteiger partial charge in [-0.15, -0.1) is 0 Å². The molecule has 110 valence electrons. The number of anilines is 1. The van der Waals surface area contributed by atoms with Gasteiger partial charge in [0.2, 0.25) is 0 Å². The summed E-state index contributed by atoms with van der Waals surface area (Å²) in [6.45, 7) is 3.91. The summed E-state index contributed by atoms with van der Waals surface area (Å²) in [4.78, 5) is 0. The molecule has 21 heavy (non-hydrogen) atoms. The van der Waals surface area contributed by atoms with Crippen molar-refractivity contribution in [1.29, 1.82) is 0 Å². The van der Waals surface area contributed by atoms with Crippen LogP contribution in [0, 0.1) is 10.5 Å². The normalized spacial score (nSPS) is 13.1. The van der Waals surface area contributed by atoms with Crippen molar-refractivity contribution >= 4 is 39.9 Å². The maximum atomic E-state index is 6.24. The van der Waals surface area contributed by atoms with E-state index in [2.05, 4.69) is 53.0 Å². The monoisotopic (exact) mass is 415 g/mol. The first-order valence-corrected chi connectivity index (χ1v) is 8.17. The van der Waals surface area contributed by atoms with Crippen molar-refractivity contribution < 1.29 is 9.47 Å². The van der Waals surface area contributed by atoms with Crippen LogP contribution in [0.1, 0.15) is 11.1 Å². The number of ether oxygens (including phenoxy) is 2. The third-order valence-electron chi connectivity index (χ3n) is 3.33. The summed E-state index contributed by atoms with van der Waals surface area (Å²) in [6.07, 6.45) is 0. The van der Waals surface area contributed by atoms with Gasteiger partial charge in [-0.3, -0.25) is 0 Å². The Morgan fingerprint density at radius 2 is 2.00 bits per heavy atom. The van der Waals surface area contributed by atoms with Crippen LogP contribution in [0.3, 0.4) is 0 Å². The van der Waals surface area contributed by atoms with E-state index in [1.54, 1.807) is 0 Å². The first-order chi connectivity index (χ1) is 10.1. The molecule has 0 atom stereocenters. The molecule has 3 rings (SSSR count). The lowest BCUT2D eigenvalue weighted by Gasteiger charge is -2.20. The molecule has 0 unspecified atom stereocenters. The molecule has 1 aliphatic heterocycles. The molecule has 0 saturated heterocycles. The molecule has 0 saturated carbocycles. The van der Waals surface area contributed by atoms with Crippen LogP contribution in [-0.4, -0.2) is 13.2 Å². The molecule has 0 aromatic heterocycles. The van der Waals surface area contributed by atoms with Gasteiger partial charge in [0.15, 0.2) is 11.5 Å². The maximum Gasteiger partial charge on any atom is 0.179 e. The van der Waals surface area contributed by atoms with Crippen LogP contribution >= 0.6 is 34.2 Å². The Balaban J connectivity index is 1.76. The van der Waals surface area contributed by atoms with E-state index >= 15 is 0 Å². The third-order valence-corrected chi connectivity index (χ3v) is 4.77. The first kappa shape index (κ1) is 14.8. The molecule has 0 spiro atoms. The summed E-state index contributed by atoms with van der Waals surface area (Å²) in [5, 5.41) is 4.00. The van der Waals surface area contributed by atoms with E-state index in [1.165, 1.54) is 9.13 Å². The van der Waals surface area contributed by atoms with E-state index in [0.717, 1.165) is 17.0 Å². The minimum atomic E-state index is 0.548. The Morgan fingerprint density at radius 1 is 1.19 bits per heavy atom. The van der Waals surface area contributed by atoms with Crippen molar-refractivity contribution in [1.82, 2.24) is 0 Å². The molecule has 3 nitrogen and oxygen atoms in total. The van der Waals surface area contributed by atoms with Crippen molar-refractivity contribution in [3.8, 4) is 11.5 Å². The topological polar surface area (TPSA) is 30.5 Å². The number of hydrogen-bond donors (Lipinski definition) is 1. The highest BCUT2D eigenvalue weighted by Gasteiger charge is 2.16. The van der Waals surface area contributed by atoms with E-state index in [9.17, 15) is 0 Å². The van der Waals surface area contributed by atoms with Crippen LogP contribution in [-0.2, 0) is 6.54 Å². The second-order valence-electron chi connectivity index (χ2n) is 4.92. The Labute approximate surface area is 142 Å². The van der Waals surface area contributed by atoms with Crippen LogP contribution in [0.2, 0.25) is 5.02 Å². The molecular formula is C16H15ClINO2. The standard InChI is InChI=1S/C16H15ClINO2/c1-10-2-3-12(8-14(10)18)19-9-11-6-13(17)16-15(7-11)20-4-5-21-16/h2-3,6-8,19H,4-5,9H2,1H3. The maximum absolute atomic E-state index is 6.24. The zero-order valence-electron chi connectivity index (χ0n) is 11.6. The largest absolute Gasteiger partial charge is 0.486 e. The highest BCUT2D eigenvalue weighted by atomic mass is 127. The van der Waals surface area contributed by atoms with Crippen molar-refractivity contribution in [2.45, 2.75) is 13.5 Å². The van der Waals surface area contributed by atoms with Crippen LogP contribution in [0.25, 0.3) is 0 Å². The van der Waals surface area contributed by atoms with Crippen molar-refractivity contribution in [3.05, 3.63) is 50.1 Å². The van der Waals surface area contributed by atoms with Crippen LogP contribution in [0.15, 0.2) is 30.3 Å². The number of fused-ring (bicyclic) bond motifs is 1. The molecule has 0 amide bonds. The number of halogens is 2. The van der Waals surface area contributed by atoms with Gasteiger partial charge >= 0.3 is 0 Å². The fourth-order valence-electron chi connectivity index (χ4n) is 2.17. The van der Waals surface area contributed by atoms with E-state index in [0.29, 0.717) is 30.5 Å². The SMILES string of the molecule is Cc1ccc(NCc2cc(Cl)c3c(c2)OCCO3)cc1I. The molecule has 5 heteroatoms. The lowest BCUT2D eigenvalue weighted by atomic mass is 10.1. The molecule has 1 heterocycles. The van der Waals surface area contributed by atoms with Gasteiger partial charge in [0.25, 0.3) is 0 Å². The zero-order chi connectivity index (χ0) is 14.8. The van der Waals surface area contributed by atoms with Crippen molar-refractivity contribution in [2.75, 3.05) is 18.5 Å².